The molecule has 1 saturated heterocycles. The molecule has 162 valence electrons. The molecule has 5 nitrogen and oxygen atoms in total. The second kappa shape index (κ2) is 10.2. The summed E-state index contributed by atoms with van der Waals surface area (Å²) < 4.78 is 5.89. The Bertz CT molecular complexity index is 1010. The Morgan fingerprint density at radius 2 is 1.71 bits per heavy atom. The van der Waals surface area contributed by atoms with Gasteiger partial charge in [0.25, 0.3) is 0 Å². The van der Waals surface area contributed by atoms with Crippen LogP contribution in [0.3, 0.4) is 0 Å². The van der Waals surface area contributed by atoms with E-state index in [0.717, 1.165) is 55.3 Å². The lowest BCUT2D eigenvalue weighted by Crippen LogP contribution is -2.48. The molecule has 0 spiro atoms. The van der Waals surface area contributed by atoms with Gasteiger partial charge in [0.15, 0.2) is 0 Å². The van der Waals surface area contributed by atoms with E-state index in [1.807, 2.05) is 36.1 Å². The molecule has 0 atom stereocenters. The molecule has 1 amide bonds. The highest BCUT2D eigenvalue weighted by Crippen LogP contribution is 2.26. The van der Waals surface area contributed by atoms with Gasteiger partial charge in [-0.15, -0.1) is 11.8 Å². The highest BCUT2D eigenvalue weighted by Gasteiger charge is 2.21. The summed E-state index contributed by atoms with van der Waals surface area (Å²) in [6.45, 7) is 8.40. The molecule has 6 heteroatoms. The Balaban J connectivity index is 1.23. The number of thioether (sulfide) groups is 1. The lowest BCUT2D eigenvalue weighted by molar-refractivity contribution is -0.130. The molecule has 2 aromatic carbocycles. The van der Waals surface area contributed by atoms with Crippen LogP contribution in [-0.2, 0) is 17.1 Å². The van der Waals surface area contributed by atoms with Gasteiger partial charge in [-0.1, -0.05) is 48.5 Å². The molecule has 1 aliphatic rings. The number of nitrogens with zero attached hydrogens (tertiary/aromatic N) is 3. The van der Waals surface area contributed by atoms with E-state index in [1.165, 1.54) is 5.56 Å². The normalized spacial score (nSPS) is 14.7. The van der Waals surface area contributed by atoms with Gasteiger partial charge in [0.05, 0.1) is 11.4 Å². The molecule has 0 N–H and O–H groups in total. The van der Waals surface area contributed by atoms with Crippen molar-refractivity contribution in [1.82, 2.24) is 14.8 Å². The second-order valence-electron chi connectivity index (χ2n) is 7.97. The molecule has 1 aromatic heterocycles. The maximum Gasteiger partial charge on any atom is 0.232 e. The van der Waals surface area contributed by atoms with E-state index in [-0.39, 0.29) is 5.91 Å². The fourth-order valence-corrected chi connectivity index (χ4v) is 4.73. The topological polar surface area (TPSA) is 49.6 Å². The standard InChI is InChI=1S/C25H29N3O2S/c1-19-8-6-7-11-22(19)25-26-23(20(2)30-25)17-31-18-24(29)28-14-12-27(13-15-28)16-21-9-4-3-5-10-21/h3-11H,12-18H2,1-2H3. The molecule has 0 radical (unpaired) electrons. The van der Waals surface area contributed by atoms with E-state index in [1.54, 1.807) is 11.8 Å². The Morgan fingerprint density at radius 1 is 1.00 bits per heavy atom. The lowest BCUT2D eigenvalue weighted by Gasteiger charge is -2.34. The summed E-state index contributed by atoms with van der Waals surface area (Å²) in [5.74, 6) is 2.86. The third-order valence-electron chi connectivity index (χ3n) is 5.71. The number of carbonyl (C=O) groups excluding carboxylic acids is 1. The van der Waals surface area contributed by atoms with Crippen LogP contribution in [0.2, 0.25) is 0 Å². The van der Waals surface area contributed by atoms with Crippen molar-refractivity contribution in [3.63, 3.8) is 0 Å². The molecule has 1 fully saturated rings. The first-order valence-electron chi connectivity index (χ1n) is 10.7. The quantitative estimate of drug-likeness (QED) is 0.545. The first kappa shape index (κ1) is 21.7. The van der Waals surface area contributed by atoms with Crippen molar-refractivity contribution in [3.8, 4) is 11.5 Å². The van der Waals surface area contributed by atoms with Gasteiger partial charge >= 0.3 is 0 Å². The van der Waals surface area contributed by atoms with Crippen molar-refractivity contribution < 1.29 is 9.21 Å². The molecular formula is C25H29N3O2S. The van der Waals surface area contributed by atoms with Gasteiger partial charge in [0.2, 0.25) is 11.8 Å². The number of aromatic nitrogens is 1. The van der Waals surface area contributed by atoms with Crippen LogP contribution in [0.25, 0.3) is 11.5 Å². The predicted molar refractivity (Wildman–Crippen MR) is 126 cm³/mol. The monoisotopic (exact) mass is 435 g/mol. The minimum atomic E-state index is 0.213. The zero-order valence-electron chi connectivity index (χ0n) is 18.2. The fourth-order valence-electron chi connectivity index (χ4n) is 3.81. The van der Waals surface area contributed by atoms with E-state index < -0.39 is 0 Å². The van der Waals surface area contributed by atoms with Crippen LogP contribution in [0.1, 0.15) is 22.6 Å². The molecule has 0 aliphatic carbocycles. The number of aryl methyl sites for hydroxylation is 2. The summed E-state index contributed by atoms with van der Waals surface area (Å²) >= 11 is 1.61. The number of benzene rings is 2. The van der Waals surface area contributed by atoms with Crippen molar-refractivity contribution in [2.75, 3.05) is 31.9 Å². The van der Waals surface area contributed by atoms with Crippen LogP contribution in [0.4, 0.5) is 0 Å². The summed E-state index contributed by atoms with van der Waals surface area (Å²) in [6.07, 6.45) is 0. The third kappa shape index (κ3) is 5.57. The van der Waals surface area contributed by atoms with Crippen molar-refractivity contribution >= 4 is 17.7 Å². The molecule has 3 aromatic rings. The first-order valence-corrected chi connectivity index (χ1v) is 11.9. The van der Waals surface area contributed by atoms with E-state index in [9.17, 15) is 4.79 Å². The molecule has 4 rings (SSSR count). The zero-order chi connectivity index (χ0) is 21.6. The van der Waals surface area contributed by atoms with Crippen molar-refractivity contribution in [2.24, 2.45) is 0 Å². The molecule has 0 unspecified atom stereocenters. The van der Waals surface area contributed by atoms with E-state index in [4.69, 9.17) is 4.42 Å². The predicted octanol–water partition coefficient (Wildman–Crippen LogP) is 4.54. The zero-order valence-corrected chi connectivity index (χ0v) is 19.0. The second-order valence-corrected chi connectivity index (χ2v) is 8.96. The van der Waals surface area contributed by atoms with Crippen LogP contribution in [0.5, 0.6) is 0 Å². The molecule has 0 saturated carbocycles. The summed E-state index contributed by atoms with van der Waals surface area (Å²) in [5, 5.41) is 0. The number of oxazole rings is 1. The maximum absolute atomic E-state index is 12.7. The average molecular weight is 436 g/mol. The Hall–Kier alpha value is -2.57. The van der Waals surface area contributed by atoms with Crippen LogP contribution in [-0.4, -0.2) is 52.6 Å². The van der Waals surface area contributed by atoms with Gasteiger partial charge in [-0.25, -0.2) is 4.98 Å². The average Bonchev–Trinajstić information content (AvgIpc) is 3.15. The lowest BCUT2D eigenvalue weighted by atomic mass is 10.1. The van der Waals surface area contributed by atoms with Crippen LogP contribution in [0, 0.1) is 13.8 Å². The van der Waals surface area contributed by atoms with Gasteiger partial charge in [-0.05, 0) is 31.0 Å². The van der Waals surface area contributed by atoms with Gasteiger partial charge < -0.3 is 9.32 Å². The van der Waals surface area contributed by atoms with Crippen molar-refractivity contribution in [1.29, 1.82) is 0 Å². The molecule has 2 heterocycles. The minimum Gasteiger partial charge on any atom is -0.441 e. The van der Waals surface area contributed by atoms with Gasteiger partial charge in [0, 0.05) is 44.0 Å². The number of hydrogen-bond acceptors (Lipinski definition) is 5. The summed E-state index contributed by atoms with van der Waals surface area (Å²) in [7, 11) is 0. The number of rotatable bonds is 7. The van der Waals surface area contributed by atoms with Gasteiger partial charge in [-0.3, -0.25) is 9.69 Å². The largest absolute Gasteiger partial charge is 0.441 e. The summed E-state index contributed by atoms with van der Waals surface area (Å²) in [6, 6.07) is 18.6. The highest BCUT2D eigenvalue weighted by atomic mass is 32.2. The SMILES string of the molecule is Cc1ccccc1-c1nc(CSCC(=O)N2CCN(Cc3ccccc3)CC2)c(C)o1. The number of amides is 1. The maximum atomic E-state index is 12.7. The third-order valence-corrected chi connectivity index (χ3v) is 6.64. The van der Waals surface area contributed by atoms with Crippen molar-refractivity contribution in [2.45, 2.75) is 26.1 Å². The Morgan fingerprint density at radius 3 is 2.45 bits per heavy atom. The van der Waals surface area contributed by atoms with Gasteiger partial charge in [0.1, 0.15) is 5.76 Å². The summed E-state index contributed by atoms with van der Waals surface area (Å²) in [4.78, 5) is 21.7. The Labute approximate surface area is 188 Å². The molecular weight excluding hydrogens is 406 g/mol. The number of hydrogen-bond donors (Lipinski definition) is 0. The number of piperazine rings is 1. The summed E-state index contributed by atoms with van der Waals surface area (Å²) in [5.41, 5.74) is 4.41. The first-order chi connectivity index (χ1) is 15.1. The van der Waals surface area contributed by atoms with Crippen LogP contribution in [0.15, 0.2) is 59.0 Å². The smallest absolute Gasteiger partial charge is 0.232 e. The number of carbonyl (C=O) groups is 1. The fraction of sp³-hybridized carbons (Fsp3) is 0.360. The van der Waals surface area contributed by atoms with E-state index >= 15 is 0 Å². The van der Waals surface area contributed by atoms with Crippen LogP contribution < -0.4 is 0 Å². The van der Waals surface area contributed by atoms with E-state index in [2.05, 4.69) is 47.1 Å². The van der Waals surface area contributed by atoms with E-state index in [0.29, 0.717) is 17.4 Å². The molecule has 31 heavy (non-hydrogen) atoms. The molecule has 0 bridgehead atoms. The molecule has 1 aliphatic heterocycles. The van der Waals surface area contributed by atoms with Gasteiger partial charge in [-0.2, -0.15) is 0 Å². The van der Waals surface area contributed by atoms with Crippen molar-refractivity contribution in [3.05, 3.63) is 77.2 Å². The minimum absolute atomic E-state index is 0.213. The van der Waals surface area contributed by atoms with Crippen LogP contribution >= 0.6 is 11.8 Å². The Kier molecular flexibility index (Phi) is 7.10. The highest BCUT2D eigenvalue weighted by molar-refractivity contribution is 7.99.